The molecule has 6 atom stereocenters. The third-order valence-corrected chi connectivity index (χ3v) is 10.8. The van der Waals surface area contributed by atoms with Gasteiger partial charge in [0.05, 0.1) is 39.9 Å². The number of anilines is 1. The molecule has 4 aliphatic heterocycles. The number of aliphatic hydroxyl groups excluding tert-OH is 1. The van der Waals surface area contributed by atoms with E-state index in [4.69, 9.17) is 11.6 Å². The van der Waals surface area contributed by atoms with E-state index in [0.717, 1.165) is 12.0 Å². The molecule has 4 aliphatic rings. The number of likely N-dealkylation sites (tertiary alicyclic amines) is 1. The van der Waals surface area contributed by atoms with Crippen molar-refractivity contribution in [3.05, 3.63) is 89.5 Å². The SMILES string of the molecule is CCCN1CC=C[C@H]2S[C@]34C=CCN(c5ccccc5Cl)C(=O)C3N([C@@H](CO)Cc3ccccc3)C(=O)[C@@H]4[C@H]2C1=O. The Morgan fingerprint density at radius 3 is 2.49 bits per heavy atom. The van der Waals surface area contributed by atoms with Crippen LogP contribution in [0.25, 0.3) is 0 Å². The molecule has 9 heteroatoms. The van der Waals surface area contributed by atoms with Crippen LogP contribution >= 0.6 is 23.4 Å². The summed E-state index contributed by atoms with van der Waals surface area (Å²) in [5.41, 5.74) is 1.53. The number of hydrogen-bond donors (Lipinski definition) is 1. The fourth-order valence-electron chi connectivity index (χ4n) is 7.02. The smallest absolute Gasteiger partial charge is 0.251 e. The minimum Gasteiger partial charge on any atom is -0.394 e. The van der Waals surface area contributed by atoms with Crippen LogP contribution in [-0.2, 0) is 20.8 Å². The Bertz CT molecular complexity index is 1400. The number of hydrogen-bond acceptors (Lipinski definition) is 5. The maximum absolute atomic E-state index is 14.7. The van der Waals surface area contributed by atoms with Crippen LogP contribution in [0.3, 0.4) is 0 Å². The van der Waals surface area contributed by atoms with Crippen molar-refractivity contribution in [1.82, 2.24) is 9.80 Å². The lowest BCUT2D eigenvalue weighted by atomic mass is 9.78. The molecule has 2 saturated heterocycles. The topological polar surface area (TPSA) is 81.2 Å². The van der Waals surface area contributed by atoms with Gasteiger partial charge in [-0.05, 0) is 30.5 Å². The van der Waals surface area contributed by atoms with Crippen molar-refractivity contribution >= 4 is 46.8 Å². The highest BCUT2D eigenvalue weighted by Crippen LogP contribution is 2.61. The number of rotatable bonds is 7. The number of carbonyl (C=O) groups is 3. The quantitative estimate of drug-likeness (QED) is 0.493. The minimum absolute atomic E-state index is 0.0400. The number of thioether (sulfide) groups is 1. The van der Waals surface area contributed by atoms with Crippen LogP contribution in [0.1, 0.15) is 18.9 Å². The number of benzene rings is 2. The average molecular weight is 592 g/mol. The molecule has 0 radical (unpaired) electrons. The molecule has 2 aromatic rings. The van der Waals surface area contributed by atoms with E-state index in [9.17, 15) is 19.5 Å². The molecule has 1 unspecified atom stereocenters. The van der Waals surface area contributed by atoms with Gasteiger partial charge in [-0.15, -0.1) is 11.8 Å². The molecule has 3 amide bonds. The molecule has 214 valence electrons. The Morgan fingerprint density at radius 1 is 1.00 bits per heavy atom. The largest absolute Gasteiger partial charge is 0.394 e. The monoisotopic (exact) mass is 591 g/mol. The van der Waals surface area contributed by atoms with Gasteiger partial charge in [0.25, 0.3) is 5.91 Å². The second-order valence-corrected chi connectivity index (χ2v) is 13.0. The van der Waals surface area contributed by atoms with E-state index >= 15 is 0 Å². The first-order chi connectivity index (χ1) is 19.9. The Kier molecular flexibility index (Phi) is 7.74. The highest BCUT2D eigenvalue weighted by Gasteiger charge is 2.71. The van der Waals surface area contributed by atoms with Gasteiger partial charge < -0.3 is 19.8 Å². The molecule has 0 aromatic heterocycles. The third-order valence-electron chi connectivity index (χ3n) is 8.74. The van der Waals surface area contributed by atoms with E-state index in [2.05, 4.69) is 0 Å². The van der Waals surface area contributed by atoms with Crippen molar-refractivity contribution in [1.29, 1.82) is 0 Å². The van der Waals surface area contributed by atoms with Gasteiger partial charge in [0.2, 0.25) is 11.8 Å². The third kappa shape index (κ3) is 4.60. The molecular weight excluding hydrogens is 558 g/mol. The Hall–Kier alpha value is -3.07. The van der Waals surface area contributed by atoms with Gasteiger partial charge in [-0.1, -0.05) is 85.3 Å². The fraction of sp³-hybridized carbons (Fsp3) is 0.406. The fourth-order valence-corrected chi connectivity index (χ4v) is 9.25. The zero-order valence-electron chi connectivity index (χ0n) is 22.9. The summed E-state index contributed by atoms with van der Waals surface area (Å²) >= 11 is 8.12. The molecule has 2 aromatic carbocycles. The van der Waals surface area contributed by atoms with Crippen molar-refractivity contribution in [3.63, 3.8) is 0 Å². The number of aliphatic hydroxyl groups is 1. The zero-order valence-corrected chi connectivity index (χ0v) is 24.5. The summed E-state index contributed by atoms with van der Waals surface area (Å²) in [6, 6.07) is 15.3. The van der Waals surface area contributed by atoms with E-state index in [1.54, 1.807) is 33.7 Å². The summed E-state index contributed by atoms with van der Waals surface area (Å²) in [6.45, 7) is 3.15. The standard InChI is InChI=1S/C32H34ClN3O4S/c1-2-16-34-17-8-14-25-26(29(34)38)27-30(39)36(22(20-37)19-21-10-4-3-5-11-21)28-31(40)35(18-9-15-32(27,28)41-25)24-13-7-6-12-23(24)33/h3-15,22,25-28,37H,2,16-20H2,1H3/t22-,25-,26+,27+,28?,32+/m1/s1. The molecular formula is C32H34ClN3O4S. The Balaban J connectivity index is 1.48. The van der Waals surface area contributed by atoms with Gasteiger partial charge >= 0.3 is 0 Å². The lowest BCUT2D eigenvalue weighted by Crippen LogP contribution is -2.57. The number of halogens is 1. The van der Waals surface area contributed by atoms with Crippen molar-refractivity contribution in [3.8, 4) is 0 Å². The zero-order chi connectivity index (χ0) is 28.7. The van der Waals surface area contributed by atoms with E-state index in [1.807, 2.05) is 78.6 Å². The molecule has 4 heterocycles. The van der Waals surface area contributed by atoms with Crippen LogP contribution in [0, 0.1) is 11.8 Å². The first-order valence-corrected chi connectivity index (χ1v) is 15.5. The lowest BCUT2D eigenvalue weighted by Gasteiger charge is -2.38. The van der Waals surface area contributed by atoms with E-state index in [0.29, 0.717) is 36.8 Å². The predicted molar refractivity (Wildman–Crippen MR) is 162 cm³/mol. The van der Waals surface area contributed by atoms with Crippen LogP contribution in [0.15, 0.2) is 78.9 Å². The second kappa shape index (κ2) is 11.3. The van der Waals surface area contributed by atoms with Gasteiger partial charge in [-0.25, -0.2) is 0 Å². The highest BCUT2D eigenvalue weighted by molar-refractivity contribution is 8.02. The molecule has 41 heavy (non-hydrogen) atoms. The van der Waals surface area contributed by atoms with Crippen LogP contribution in [0.2, 0.25) is 5.02 Å². The summed E-state index contributed by atoms with van der Waals surface area (Å²) in [7, 11) is 0. The lowest BCUT2D eigenvalue weighted by molar-refractivity contribution is -0.144. The van der Waals surface area contributed by atoms with Gasteiger partial charge in [0.1, 0.15) is 6.04 Å². The van der Waals surface area contributed by atoms with E-state index in [-0.39, 0.29) is 29.6 Å². The molecule has 7 nitrogen and oxygen atoms in total. The van der Waals surface area contributed by atoms with Crippen molar-refractivity contribution < 1.29 is 19.5 Å². The summed E-state index contributed by atoms with van der Waals surface area (Å²) in [6.07, 6.45) is 9.21. The molecule has 0 bridgehead atoms. The number of fused-ring (bicyclic) bond motifs is 2. The van der Waals surface area contributed by atoms with Gasteiger partial charge in [-0.3, -0.25) is 14.4 Å². The number of nitrogens with zero attached hydrogens (tertiary/aromatic N) is 3. The molecule has 1 N–H and O–H groups in total. The minimum atomic E-state index is -0.959. The normalized spacial score (nSPS) is 29.7. The van der Waals surface area contributed by atoms with Crippen LogP contribution in [-0.4, -0.2) is 80.9 Å². The van der Waals surface area contributed by atoms with Crippen LogP contribution in [0.4, 0.5) is 5.69 Å². The summed E-state index contributed by atoms with van der Waals surface area (Å²) in [5.74, 6) is -1.86. The van der Waals surface area contributed by atoms with Crippen molar-refractivity contribution in [2.24, 2.45) is 11.8 Å². The summed E-state index contributed by atoms with van der Waals surface area (Å²) < 4.78 is -0.959. The van der Waals surface area contributed by atoms with E-state index in [1.165, 1.54) is 0 Å². The number of carbonyl (C=O) groups excluding carboxylic acids is 3. The Labute approximate surface area is 249 Å². The summed E-state index contributed by atoms with van der Waals surface area (Å²) in [4.78, 5) is 48.4. The second-order valence-electron chi connectivity index (χ2n) is 11.1. The van der Waals surface area contributed by atoms with Gasteiger partial charge in [0.15, 0.2) is 0 Å². The Morgan fingerprint density at radius 2 is 1.76 bits per heavy atom. The molecule has 0 aliphatic carbocycles. The number of para-hydroxylation sites is 1. The first kappa shape index (κ1) is 28.1. The first-order valence-electron chi connectivity index (χ1n) is 14.2. The van der Waals surface area contributed by atoms with Gasteiger partial charge in [-0.2, -0.15) is 0 Å². The molecule has 1 spiro atoms. The van der Waals surface area contributed by atoms with Crippen molar-refractivity contribution in [2.45, 2.75) is 41.8 Å². The molecule has 0 saturated carbocycles. The molecule has 2 fully saturated rings. The maximum Gasteiger partial charge on any atom is 0.251 e. The molecule has 6 rings (SSSR count). The van der Waals surface area contributed by atoms with Crippen molar-refractivity contribution in [2.75, 3.05) is 31.1 Å². The highest BCUT2D eigenvalue weighted by atomic mass is 35.5. The number of amides is 3. The maximum atomic E-state index is 14.7. The average Bonchev–Trinajstić information content (AvgIpc) is 3.30. The van der Waals surface area contributed by atoms with Crippen LogP contribution in [0.5, 0.6) is 0 Å². The summed E-state index contributed by atoms with van der Waals surface area (Å²) in [5, 5.41) is 10.9. The van der Waals surface area contributed by atoms with E-state index < -0.39 is 28.7 Å². The van der Waals surface area contributed by atoms with Crippen LogP contribution < -0.4 is 4.90 Å². The predicted octanol–water partition coefficient (Wildman–Crippen LogP) is 3.95. The van der Waals surface area contributed by atoms with Gasteiger partial charge in [0, 0.05) is 24.9 Å².